The second-order valence-corrected chi connectivity index (χ2v) is 10.1. The van der Waals surface area contributed by atoms with E-state index in [2.05, 4.69) is 64.5 Å². The number of pyridine rings is 1. The van der Waals surface area contributed by atoms with E-state index in [1.54, 1.807) is 0 Å². The quantitative estimate of drug-likeness (QED) is 0.382. The lowest BCUT2D eigenvalue weighted by molar-refractivity contribution is 0.0725. The van der Waals surface area contributed by atoms with Crippen LogP contribution in [0, 0.1) is 0 Å². The summed E-state index contributed by atoms with van der Waals surface area (Å²) in [4.78, 5) is 22.8. The molecule has 6 nitrogen and oxygen atoms in total. The summed E-state index contributed by atoms with van der Waals surface area (Å²) in [6.45, 7) is 4.76. The molecule has 0 saturated heterocycles. The van der Waals surface area contributed by atoms with Crippen molar-refractivity contribution in [2.75, 3.05) is 19.6 Å². The molecule has 0 fully saturated rings. The monoisotopic (exact) mass is 491 g/mol. The molecule has 0 radical (unpaired) electrons. The van der Waals surface area contributed by atoms with E-state index in [-0.39, 0.29) is 5.91 Å². The summed E-state index contributed by atoms with van der Waals surface area (Å²) >= 11 is 0. The molecule has 2 aliphatic rings. The first-order chi connectivity index (χ1) is 18.2. The van der Waals surface area contributed by atoms with E-state index in [9.17, 15) is 4.79 Å². The number of aryl methyl sites for hydroxylation is 1. The van der Waals surface area contributed by atoms with E-state index in [1.807, 2.05) is 34.0 Å². The maximum atomic E-state index is 13.9. The van der Waals surface area contributed by atoms with Crippen LogP contribution in [0.1, 0.15) is 50.6 Å². The molecule has 4 aromatic rings. The van der Waals surface area contributed by atoms with E-state index in [0.717, 1.165) is 63.1 Å². The van der Waals surface area contributed by atoms with Gasteiger partial charge in [0.25, 0.3) is 5.91 Å². The summed E-state index contributed by atoms with van der Waals surface area (Å²) in [6.07, 6.45) is 5.79. The number of carbonyl (C=O) groups excluding carboxylic acids is 1. The number of fused-ring (bicyclic) bond motifs is 2. The second-order valence-electron chi connectivity index (χ2n) is 10.1. The zero-order valence-corrected chi connectivity index (χ0v) is 21.2. The van der Waals surface area contributed by atoms with Crippen LogP contribution in [0.4, 0.5) is 0 Å². The highest BCUT2D eigenvalue weighted by molar-refractivity contribution is 5.94. The highest BCUT2D eigenvalue weighted by Gasteiger charge is 2.31. The van der Waals surface area contributed by atoms with E-state index in [0.29, 0.717) is 18.8 Å². The van der Waals surface area contributed by atoms with Crippen LogP contribution in [0.25, 0.3) is 0 Å². The molecule has 2 aromatic carbocycles. The van der Waals surface area contributed by atoms with Crippen LogP contribution in [0.2, 0.25) is 0 Å². The molecular formula is C31H33N5O. The number of benzene rings is 2. The molecule has 2 aliphatic heterocycles. The van der Waals surface area contributed by atoms with Gasteiger partial charge < -0.3 is 4.90 Å². The van der Waals surface area contributed by atoms with Gasteiger partial charge in [-0.25, -0.2) is 0 Å². The molecule has 6 heteroatoms. The fourth-order valence-electron chi connectivity index (χ4n) is 5.66. The average molecular weight is 492 g/mol. The first kappa shape index (κ1) is 23.6. The van der Waals surface area contributed by atoms with Crippen molar-refractivity contribution in [2.45, 2.75) is 45.3 Å². The molecule has 0 bridgehead atoms. The van der Waals surface area contributed by atoms with Crippen molar-refractivity contribution in [3.63, 3.8) is 0 Å². The molecule has 0 spiro atoms. The Balaban J connectivity index is 1.23. The number of aromatic nitrogens is 3. The number of nitrogens with zero attached hydrogens (tertiary/aromatic N) is 5. The zero-order chi connectivity index (χ0) is 25.0. The van der Waals surface area contributed by atoms with Crippen LogP contribution in [0.3, 0.4) is 0 Å². The number of hydrogen-bond donors (Lipinski definition) is 0. The minimum Gasteiger partial charge on any atom is -0.333 e. The Bertz CT molecular complexity index is 1370. The Morgan fingerprint density at radius 1 is 0.838 bits per heavy atom. The molecule has 4 heterocycles. The molecule has 6 rings (SSSR count). The molecule has 0 aliphatic carbocycles. The third-order valence-corrected chi connectivity index (χ3v) is 7.65. The third-order valence-electron chi connectivity index (χ3n) is 7.65. The van der Waals surface area contributed by atoms with Crippen molar-refractivity contribution in [2.24, 2.45) is 0 Å². The van der Waals surface area contributed by atoms with Crippen molar-refractivity contribution in [1.29, 1.82) is 0 Å². The van der Waals surface area contributed by atoms with Crippen LogP contribution in [0.15, 0.2) is 79.0 Å². The smallest absolute Gasteiger partial charge is 0.275 e. The summed E-state index contributed by atoms with van der Waals surface area (Å²) < 4.78 is 2.03. The van der Waals surface area contributed by atoms with Gasteiger partial charge in [-0.15, -0.1) is 0 Å². The van der Waals surface area contributed by atoms with E-state index in [4.69, 9.17) is 5.10 Å². The minimum atomic E-state index is 0.0525. The maximum Gasteiger partial charge on any atom is 0.275 e. The van der Waals surface area contributed by atoms with Gasteiger partial charge in [0.1, 0.15) is 0 Å². The minimum absolute atomic E-state index is 0.0525. The zero-order valence-electron chi connectivity index (χ0n) is 21.2. The van der Waals surface area contributed by atoms with Gasteiger partial charge in [0.15, 0.2) is 5.69 Å². The van der Waals surface area contributed by atoms with E-state index < -0.39 is 0 Å². The Morgan fingerprint density at radius 3 is 2.49 bits per heavy atom. The molecule has 0 saturated carbocycles. The predicted octanol–water partition coefficient (Wildman–Crippen LogP) is 4.52. The second kappa shape index (κ2) is 10.7. The summed E-state index contributed by atoms with van der Waals surface area (Å²) in [5.41, 5.74) is 7.84. The van der Waals surface area contributed by atoms with Crippen LogP contribution < -0.4 is 0 Å². The van der Waals surface area contributed by atoms with Gasteiger partial charge in [-0.05, 0) is 54.6 Å². The summed E-state index contributed by atoms with van der Waals surface area (Å²) in [5.74, 6) is 0.0525. The number of carbonyl (C=O) groups is 1. The molecule has 0 N–H and O–H groups in total. The molecule has 0 atom stereocenters. The van der Waals surface area contributed by atoms with E-state index in [1.165, 1.54) is 22.4 Å². The molecule has 1 amide bonds. The lowest BCUT2D eigenvalue weighted by Gasteiger charge is -2.30. The predicted molar refractivity (Wildman–Crippen MR) is 144 cm³/mol. The lowest BCUT2D eigenvalue weighted by atomic mass is 9.98. The largest absolute Gasteiger partial charge is 0.333 e. The van der Waals surface area contributed by atoms with Gasteiger partial charge in [0.2, 0.25) is 0 Å². The molecule has 37 heavy (non-hydrogen) atoms. The Hall–Kier alpha value is -3.77. The summed E-state index contributed by atoms with van der Waals surface area (Å²) in [7, 11) is 0. The number of rotatable bonds is 7. The fraction of sp³-hybridized carbons (Fsp3) is 0.323. The SMILES string of the molecule is O=C(c1nn(Cc2ccccn2)c2c1CN(CCCc1ccccc1)CC2)N1CCc2ccccc2C1. The first-order valence-corrected chi connectivity index (χ1v) is 13.4. The summed E-state index contributed by atoms with van der Waals surface area (Å²) in [6, 6.07) is 25.1. The number of amides is 1. The van der Waals surface area contributed by atoms with Crippen LogP contribution in [-0.2, 0) is 38.9 Å². The van der Waals surface area contributed by atoms with Gasteiger partial charge in [0, 0.05) is 50.1 Å². The number of hydrogen-bond acceptors (Lipinski definition) is 4. The Morgan fingerprint density at radius 2 is 1.65 bits per heavy atom. The lowest BCUT2D eigenvalue weighted by Crippen LogP contribution is -2.37. The third kappa shape index (κ3) is 5.20. The maximum absolute atomic E-state index is 13.9. The van der Waals surface area contributed by atoms with Gasteiger partial charge >= 0.3 is 0 Å². The van der Waals surface area contributed by atoms with Gasteiger partial charge in [0.05, 0.1) is 12.2 Å². The van der Waals surface area contributed by atoms with Crippen molar-refractivity contribution in [1.82, 2.24) is 24.6 Å². The first-order valence-electron chi connectivity index (χ1n) is 13.4. The van der Waals surface area contributed by atoms with Crippen molar-refractivity contribution < 1.29 is 4.79 Å². The normalized spacial score (nSPS) is 15.3. The van der Waals surface area contributed by atoms with E-state index >= 15 is 0 Å². The Kier molecular flexibility index (Phi) is 6.82. The van der Waals surface area contributed by atoms with Crippen molar-refractivity contribution >= 4 is 5.91 Å². The van der Waals surface area contributed by atoms with Gasteiger partial charge in [-0.3, -0.25) is 19.4 Å². The van der Waals surface area contributed by atoms with Crippen molar-refractivity contribution in [3.8, 4) is 0 Å². The Labute approximate surface area is 218 Å². The van der Waals surface area contributed by atoms with Crippen LogP contribution in [-0.4, -0.2) is 50.1 Å². The van der Waals surface area contributed by atoms with Crippen LogP contribution >= 0.6 is 0 Å². The van der Waals surface area contributed by atoms with Crippen molar-refractivity contribution in [3.05, 3.63) is 118 Å². The summed E-state index contributed by atoms with van der Waals surface area (Å²) in [5, 5.41) is 4.94. The topological polar surface area (TPSA) is 54.3 Å². The van der Waals surface area contributed by atoms with Crippen LogP contribution in [0.5, 0.6) is 0 Å². The molecule has 0 unspecified atom stereocenters. The van der Waals surface area contributed by atoms with Gasteiger partial charge in [-0.2, -0.15) is 5.10 Å². The highest BCUT2D eigenvalue weighted by atomic mass is 16.2. The molecule has 188 valence electrons. The molecule has 2 aromatic heterocycles. The highest BCUT2D eigenvalue weighted by Crippen LogP contribution is 2.27. The fourth-order valence-corrected chi connectivity index (χ4v) is 5.66. The standard InChI is InChI=1S/C31H33N5O/c37-31(35-20-15-25-12-4-5-13-26(25)21-35)30-28-23-34(18-8-11-24-9-2-1-3-10-24)19-16-29(28)36(33-30)22-27-14-6-7-17-32-27/h1-7,9-10,12-14,17H,8,11,15-16,18-23H2. The average Bonchev–Trinajstić information content (AvgIpc) is 3.31. The van der Waals surface area contributed by atoms with Gasteiger partial charge in [-0.1, -0.05) is 60.7 Å². The molecular weight excluding hydrogens is 458 g/mol.